The quantitative estimate of drug-likeness (QED) is 0.689. The second-order valence-corrected chi connectivity index (χ2v) is 5.39. The maximum absolute atomic E-state index is 11.3. The lowest BCUT2D eigenvalue weighted by atomic mass is 9.87. The predicted octanol–water partition coefficient (Wildman–Crippen LogP) is 1.70. The van der Waals surface area contributed by atoms with Crippen LogP contribution in [0.15, 0.2) is 12.2 Å². The Hall–Kier alpha value is -0.830. The van der Waals surface area contributed by atoms with Crippen LogP contribution in [0.25, 0.3) is 0 Å². The molecule has 0 aromatic heterocycles. The minimum atomic E-state index is 0.153. The average molecular weight is 236 g/mol. The molecular weight excluding hydrogens is 212 g/mol. The highest BCUT2D eigenvalue weighted by atomic mass is 16.1. The number of fused-ring (bicyclic) bond motifs is 2. The summed E-state index contributed by atoms with van der Waals surface area (Å²) in [7, 11) is 0. The van der Waals surface area contributed by atoms with Crippen LogP contribution in [0.4, 0.5) is 0 Å². The van der Waals surface area contributed by atoms with Crippen LogP contribution in [-0.4, -0.2) is 25.0 Å². The van der Waals surface area contributed by atoms with Crippen LogP contribution in [0.2, 0.25) is 0 Å². The van der Waals surface area contributed by atoms with Gasteiger partial charge in [0.1, 0.15) is 0 Å². The van der Waals surface area contributed by atoms with Gasteiger partial charge in [-0.1, -0.05) is 12.2 Å². The van der Waals surface area contributed by atoms with Gasteiger partial charge in [0.25, 0.3) is 0 Å². The predicted molar refractivity (Wildman–Crippen MR) is 69.6 cm³/mol. The lowest BCUT2D eigenvalue weighted by Crippen LogP contribution is -2.38. The molecule has 0 radical (unpaired) electrons. The number of hydrogen-bond donors (Lipinski definition) is 2. The van der Waals surface area contributed by atoms with Gasteiger partial charge in [0.2, 0.25) is 5.91 Å². The zero-order valence-corrected chi connectivity index (χ0v) is 10.9. The van der Waals surface area contributed by atoms with E-state index < -0.39 is 0 Å². The summed E-state index contributed by atoms with van der Waals surface area (Å²) in [6.07, 6.45) is 8.04. The summed E-state index contributed by atoms with van der Waals surface area (Å²) in [5.74, 6) is 2.55. The van der Waals surface area contributed by atoms with Crippen molar-refractivity contribution < 1.29 is 4.79 Å². The maximum Gasteiger partial charge on any atom is 0.221 e. The minimum Gasteiger partial charge on any atom is -0.356 e. The van der Waals surface area contributed by atoms with Gasteiger partial charge in [-0.15, -0.1) is 0 Å². The Morgan fingerprint density at radius 3 is 2.82 bits per heavy atom. The molecule has 3 heteroatoms. The summed E-state index contributed by atoms with van der Waals surface area (Å²) in [4.78, 5) is 11.3. The van der Waals surface area contributed by atoms with Crippen molar-refractivity contribution in [3.05, 3.63) is 12.2 Å². The molecule has 1 saturated carbocycles. The van der Waals surface area contributed by atoms with Crippen molar-refractivity contribution in [2.24, 2.45) is 17.8 Å². The topological polar surface area (TPSA) is 41.1 Å². The summed E-state index contributed by atoms with van der Waals surface area (Å²) in [6, 6.07) is 0.532. The molecule has 4 atom stereocenters. The third-order valence-electron chi connectivity index (χ3n) is 4.16. The van der Waals surface area contributed by atoms with E-state index in [0.29, 0.717) is 12.5 Å². The highest BCUT2D eigenvalue weighted by Gasteiger charge is 2.38. The normalized spacial score (nSPS) is 31.8. The summed E-state index contributed by atoms with van der Waals surface area (Å²) >= 11 is 0. The van der Waals surface area contributed by atoms with Crippen molar-refractivity contribution in [3.8, 4) is 0 Å². The Balaban J connectivity index is 1.66. The standard InChI is InChI=1S/C14H24N2O/c1-3-15-14(17)6-7-16-10(2)13-9-11-4-5-12(13)8-11/h4-5,10-13,16H,3,6-9H2,1-2H3,(H,15,17). The molecule has 0 aliphatic heterocycles. The number of carbonyl (C=O) groups is 1. The second-order valence-electron chi connectivity index (χ2n) is 5.39. The minimum absolute atomic E-state index is 0.153. The molecular formula is C14H24N2O. The molecule has 2 rings (SSSR count). The monoisotopic (exact) mass is 236 g/mol. The Bertz CT molecular complexity index is 301. The number of allylic oxidation sites excluding steroid dienone is 2. The van der Waals surface area contributed by atoms with Crippen LogP contribution in [0.1, 0.15) is 33.1 Å². The van der Waals surface area contributed by atoms with Crippen molar-refractivity contribution >= 4 is 5.91 Å². The molecule has 4 unspecified atom stereocenters. The zero-order valence-electron chi connectivity index (χ0n) is 10.9. The molecule has 1 amide bonds. The average Bonchev–Trinajstić information content (AvgIpc) is 2.90. The highest BCUT2D eigenvalue weighted by molar-refractivity contribution is 5.75. The fourth-order valence-corrected chi connectivity index (χ4v) is 3.25. The third-order valence-corrected chi connectivity index (χ3v) is 4.16. The van der Waals surface area contributed by atoms with E-state index in [0.717, 1.165) is 30.8 Å². The van der Waals surface area contributed by atoms with E-state index in [4.69, 9.17) is 0 Å². The molecule has 17 heavy (non-hydrogen) atoms. The van der Waals surface area contributed by atoms with E-state index in [-0.39, 0.29) is 5.91 Å². The molecule has 0 spiro atoms. The van der Waals surface area contributed by atoms with Gasteiger partial charge in [-0.3, -0.25) is 4.79 Å². The zero-order chi connectivity index (χ0) is 12.3. The van der Waals surface area contributed by atoms with Gasteiger partial charge in [-0.2, -0.15) is 0 Å². The van der Waals surface area contributed by atoms with Gasteiger partial charge in [0.05, 0.1) is 0 Å². The van der Waals surface area contributed by atoms with Gasteiger partial charge in [-0.25, -0.2) is 0 Å². The fourth-order valence-electron chi connectivity index (χ4n) is 3.25. The molecule has 96 valence electrons. The lowest BCUT2D eigenvalue weighted by Gasteiger charge is -2.26. The van der Waals surface area contributed by atoms with Crippen LogP contribution in [0, 0.1) is 17.8 Å². The molecule has 0 aromatic carbocycles. The molecule has 2 bridgehead atoms. The second kappa shape index (κ2) is 5.67. The van der Waals surface area contributed by atoms with Crippen molar-refractivity contribution in [2.45, 2.75) is 39.2 Å². The van der Waals surface area contributed by atoms with Gasteiger partial charge < -0.3 is 10.6 Å². The molecule has 2 aliphatic rings. The van der Waals surface area contributed by atoms with E-state index in [1.165, 1.54) is 12.8 Å². The van der Waals surface area contributed by atoms with Gasteiger partial charge >= 0.3 is 0 Å². The molecule has 0 aromatic rings. The lowest BCUT2D eigenvalue weighted by molar-refractivity contribution is -0.120. The van der Waals surface area contributed by atoms with Crippen LogP contribution in [0.5, 0.6) is 0 Å². The van der Waals surface area contributed by atoms with Crippen LogP contribution < -0.4 is 10.6 Å². The number of carbonyl (C=O) groups excluding carboxylic acids is 1. The Kier molecular flexibility index (Phi) is 4.21. The number of nitrogens with one attached hydrogen (secondary N) is 2. The Labute approximate surface area is 104 Å². The molecule has 0 saturated heterocycles. The first-order chi connectivity index (χ1) is 8.20. The van der Waals surface area contributed by atoms with Crippen LogP contribution in [0.3, 0.4) is 0 Å². The fraction of sp³-hybridized carbons (Fsp3) is 0.786. The summed E-state index contributed by atoms with van der Waals surface area (Å²) < 4.78 is 0. The Morgan fingerprint density at radius 2 is 2.24 bits per heavy atom. The van der Waals surface area contributed by atoms with E-state index in [2.05, 4.69) is 29.7 Å². The molecule has 0 heterocycles. The van der Waals surface area contributed by atoms with Gasteiger partial charge in [-0.05, 0) is 44.4 Å². The SMILES string of the molecule is CCNC(=O)CCNC(C)C1CC2C=CC1C2. The number of rotatable bonds is 6. The van der Waals surface area contributed by atoms with Crippen molar-refractivity contribution in [1.29, 1.82) is 0 Å². The number of amides is 1. The van der Waals surface area contributed by atoms with Gasteiger partial charge in [0, 0.05) is 25.6 Å². The molecule has 1 fully saturated rings. The van der Waals surface area contributed by atoms with Crippen LogP contribution >= 0.6 is 0 Å². The van der Waals surface area contributed by atoms with Crippen molar-refractivity contribution in [2.75, 3.05) is 13.1 Å². The van der Waals surface area contributed by atoms with E-state index in [9.17, 15) is 4.79 Å². The van der Waals surface area contributed by atoms with Gasteiger partial charge in [0.15, 0.2) is 0 Å². The smallest absolute Gasteiger partial charge is 0.221 e. The number of hydrogen-bond acceptors (Lipinski definition) is 2. The summed E-state index contributed by atoms with van der Waals surface area (Å²) in [5.41, 5.74) is 0. The summed E-state index contributed by atoms with van der Waals surface area (Å²) in [5, 5.41) is 6.33. The van der Waals surface area contributed by atoms with Crippen molar-refractivity contribution in [1.82, 2.24) is 10.6 Å². The summed E-state index contributed by atoms with van der Waals surface area (Å²) in [6.45, 7) is 5.74. The Morgan fingerprint density at radius 1 is 1.41 bits per heavy atom. The largest absolute Gasteiger partial charge is 0.356 e. The first-order valence-corrected chi connectivity index (χ1v) is 6.89. The highest BCUT2D eigenvalue weighted by Crippen LogP contribution is 2.44. The maximum atomic E-state index is 11.3. The first kappa shape index (κ1) is 12.6. The van der Waals surface area contributed by atoms with Crippen molar-refractivity contribution in [3.63, 3.8) is 0 Å². The third kappa shape index (κ3) is 3.09. The molecule has 2 N–H and O–H groups in total. The molecule has 2 aliphatic carbocycles. The van der Waals surface area contributed by atoms with E-state index in [1.807, 2.05) is 6.92 Å². The first-order valence-electron chi connectivity index (χ1n) is 6.89. The van der Waals surface area contributed by atoms with Crippen LogP contribution in [-0.2, 0) is 4.79 Å². The molecule has 3 nitrogen and oxygen atoms in total. The van der Waals surface area contributed by atoms with E-state index in [1.54, 1.807) is 0 Å². The van der Waals surface area contributed by atoms with E-state index >= 15 is 0 Å².